The van der Waals surface area contributed by atoms with Crippen LogP contribution in [-0.2, 0) is 0 Å². The summed E-state index contributed by atoms with van der Waals surface area (Å²) in [6.07, 6.45) is 0. The van der Waals surface area contributed by atoms with E-state index in [0.717, 1.165) is 0 Å². The lowest BCUT2D eigenvalue weighted by Crippen LogP contribution is -2.44. The molecule has 0 radical (unpaired) electrons. The van der Waals surface area contributed by atoms with E-state index in [9.17, 15) is 10.1 Å². The van der Waals surface area contributed by atoms with Crippen LogP contribution < -0.4 is 16.5 Å². The molecule has 0 saturated carbocycles. The summed E-state index contributed by atoms with van der Waals surface area (Å²) in [6, 6.07) is 0. The number of hydrazine groups is 1. The van der Waals surface area contributed by atoms with E-state index in [1.807, 2.05) is 0 Å². The number of rotatable bonds is 1. The van der Waals surface area contributed by atoms with Gasteiger partial charge in [0.25, 0.3) is 0 Å². The first kappa shape index (κ1) is 8.98. The SMILES string of the molecule is NC(=S)NC(=S)N[N+](=O)[O-]. The van der Waals surface area contributed by atoms with Gasteiger partial charge in [-0.1, -0.05) is 5.43 Å². The van der Waals surface area contributed by atoms with Crippen LogP contribution in [0.3, 0.4) is 0 Å². The molecule has 6 nitrogen and oxygen atoms in total. The Bertz CT molecular complexity index is 162. The lowest BCUT2D eigenvalue weighted by Gasteiger charge is -1.99. The minimum absolute atomic E-state index is 0.112. The second-order valence-corrected chi connectivity index (χ2v) is 2.04. The lowest BCUT2D eigenvalue weighted by molar-refractivity contribution is -0.524. The normalized spacial score (nSPS) is 8.00. The van der Waals surface area contributed by atoms with Crippen molar-refractivity contribution < 1.29 is 5.03 Å². The van der Waals surface area contributed by atoms with E-state index < -0.39 is 5.03 Å². The molecule has 0 rings (SSSR count). The van der Waals surface area contributed by atoms with E-state index in [-0.39, 0.29) is 10.2 Å². The van der Waals surface area contributed by atoms with Crippen LogP contribution in [0.25, 0.3) is 0 Å². The number of thiocarbonyl (C=S) groups is 2. The fourth-order valence-electron chi connectivity index (χ4n) is 0.223. The highest BCUT2D eigenvalue weighted by atomic mass is 32.1. The Balaban J connectivity index is 3.65. The van der Waals surface area contributed by atoms with Crippen molar-refractivity contribution >= 4 is 34.7 Å². The van der Waals surface area contributed by atoms with Crippen LogP contribution in [0.15, 0.2) is 0 Å². The van der Waals surface area contributed by atoms with E-state index in [2.05, 4.69) is 29.8 Å². The van der Waals surface area contributed by atoms with Crippen molar-refractivity contribution in [2.24, 2.45) is 5.73 Å². The smallest absolute Gasteiger partial charge is 0.236 e. The number of hydrogen-bond acceptors (Lipinski definition) is 4. The fourth-order valence-corrected chi connectivity index (χ4v) is 0.574. The zero-order valence-corrected chi connectivity index (χ0v) is 6.29. The van der Waals surface area contributed by atoms with E-state index in [1.165, 1.54) is 0 Å². The molecule has 0 atom stereocenters. The molecule has 4 N–H and O–H groups in total. The highest BCUT2D eigenvalue weighted by molar-refractivity contribution is 7.81. The van der Waals surface area contributed by atoms with Crippen LogP contribution in [-0.4, -0.2) is 15.3 Å². The van der Waals surface area contributed by atoms with Crippen molar-refractivity contribution in [2.75, 3.05) is 0 Å². The molecule has 0 aromatic heterocycles. The van der Waals surface area contributed by atoms with Crippen LogP contribution in [0.1, 0.15) is 0 Å². The number of hydrogen-bond donors (Lipinski definition) is 3. The Morgan fingerprint density at radius 3 is 2.40 bits per heavy atom. The molecule has 0 fully saturated rings. The average molecular weight is 180 g/mol. The Morgan fingerprint density at radius 2 is 2.10 bits per heavy atom. The van der Waals surface area contributed by atoms with Gasteiger partial charge in [-0.3, -0.25) is 0 Å². The monoisotopic (exact) mass is 180 g/mol. The van der Waals surface area contributed by atoms with Gasteiger partial charge in [0.2, 0.25) is 5.11 Å². The van der Waals surface area contributed by atoms with Crippen molar-refractivity contribution in [3.8, 4) is 0 Å². The maximum Gasteiger partial charge on any atom is 0.236 e. The van der Waals surface area contributed by atoms with Crippen LogP contribution in [0.2, 0.25) is 0 Å². The third-order valence-corrected chi connectivity index (χ3v) is 0.725. The molecular weight excluding hydrogens is 176 g/mol. The Kier molecular flexibility index (Phi) is 3.51. The van der Waals surface area contributed by atoms with E-state index in [1.54, 1.807) is 5.43 Å². The molecule has 10 heavy (non-hydrogen) atoms. The maximum atomic E-state index is 9.67. The first-order valence-electron chi connectivity index (χ1n) is 2.04. The third kappa shape index (κ3) is 5.12. The summed E-state index contributed by atoms with van der Waals surface area (Å²) >= 11 is 8.72. The summed E-state index contributed by atoms with van der Waals surface area (Å²) in [5.41, 5.74) is 6.59. The lowest BCUT2D eigenvalue weighted by atomic mass is 11.0. The summed E-state index contributed by atoms with van der Waals surface area (Å²) < 4.78 is 0. The Hall–Kier alpha value is -1.02. The summed E-state index contributed by atoms with van der Waals surface area (Å²) in [7, 11) is 0. The zero-order valence-electron chi connectivity index (χ0n) is 4.66. The number of nitro groups is 1. The summed E-state index contributed by atoms with van der Waals surface area (Å²) in [4.78, 5) is 9.67. The molecule has 0 aliphatic rings. The van der Waals surface area contributed by atoms with Crippen LogP contribution in [0, 0.1) is 10.1 Å². The van der Waals surface area contributed by atoms with Gasteiger partial charge in [0.05, 0.1) is 0 Å². The molecule has 0 amide bonds. The number of nitrogens with zero attached hydrogens (tertiary/aromatic N) is 1. The van der Waals surface area contributed by atoms with Gasteiger partial charge in [-0.25, -0.2) is 10.1 Å². The van der Waals surface area contributed by atoms with Gasteiger partial charge in [-0.2, -0.15) is 0 Å². The van der Waals surface area contributed by atoms with Gasteiger partial charge in [-0.05, 0) is 24.4 Å². The largest absolute Gasteiger partial charge is 0.376 e. The van der Waals surface area contributed by atoms with Gasteiger partial charge in [0, 0.05) is 0 Å². The van der Waals surface area contributed by atoms with Gasteiger partial charge < -0.3 is 11.1 Å². The standard InChI is InChI=1S/C2H4N4O2S2/c3-1(9)4-2(10)5-6(7)8/h(H4,3,4,5,9,10). The molecule has 0 saturated heterocycles. The first-order valence-corrected chi connectivity index (χ1v) is 2.85. The molecule has 0 aliphatic heterocycles. The summed E-state index contributed by atoms with van der Waals surface area (Å²) in [5.74, 6) is 0. The molecule has 0 aromatic rings. The maximum absolute atomic E-state index is 9.67. The second kappa shape index (κ2) is 3.90. The van der Waals surface area contributed by atoms with Crippen LogP contribution in [0.5, 0.6) is 0 Å². The summed E-state index contributed by atoms with van der Waals surface area (Å²) in [5, 5.41) is 10.7. The molecule has 0 unspecified atom stereocenters. The predicted molar refractivity (Wildman–Crippen MR) is 42.6 cm³/mol. The van der Waals surface area contributed by atoms with Crippen molar-refractivity contribution in [2.45, 2.75) is 0 Å². The van der Waals surface area contributed by atoms with Crippen molar-refractivity contribution in [3.63, 3.8) is 0 Å². The van der Waals surface area contributed by atoms with Crippen LogP contribution in [0.4, 0.5) is 0 Å². The van der Waals surface area contributed by atoms with Gasteiger partial charge in [-0.15, -0.1) is 0 Å². The fraction of sp³-hybridized carbons (Fsp3) is 0. The minimum atomic E-state index is -0.812. The average Bonchev–Trinajstić information content (AvgIpc) is 1.58. The predicted octanol–water partition coefficient (Wildman–Crippen LogP) is -1.11. The van der Waals surface area contributed by atoms with Gasteiger partial charge >= 0.3 is 0 Å². The number of nitrogens with two attached hydrogens (primary N) is 1. The van der Waals surface area contributed by atoms with E-state index in [0.29, 0.717) is 0 Å². The Labute approximate surface area is 66.9 Å². The van der Waals surface area contributed by atoms with Crippen molar-refractivity contribution in [1.82, 2.24) is 10.7 Å². The molecule has 0 bridgehead atoms. The molecule has 56 valence electrons. The van der Waals surface area contributed by atoms with Crippen molar-refractivity contribution in [3.05, 3.63) is 10.1 Å². The quantitative estimate of drug-likeness (QED) is 0.267. The molecule has 0 heterocycles. The molecule has 0 aliphatic carbocycles. The molecule has 8 heteroatoms. The highest BCUT2D eigenvalue weighted by Crippen LogP contribution is 1.65. The van der Waals surface area contributed by atoms with Crippen LogP contribution >= 0.6 is 24.4 Å². The third-order valence-electron chi connectivity index (χ3n) is 0.430. The number of nitrogens with one attached hydrogen (secondary N) is 2. The molecule has 0 spiro atoms. The zero-order chi connectivity index (χ0) is 8.15. The van der Waals surface area contributed by atoms with Gasteiger partial charge in [0.1, 0.15) is 0 Å². The highest BCUT2D eigenvalue weighted by Gasteiger charge is 2.00. The van der Waals surface area contributed by atoms with E-state index >= 15 is 0 Å². The topological polar surface area (TPSA) is 93.2 Å². The van der Waals surface area contributed by atoms with E-state index in [4.69, 9.17) is 5.73 Å². The molecular formula is C2H4N4O2S2. The second-order valence-electron chi connectivity index (χ2n) is 1.19. The first-order chi connectivity index (χ1) is 4.52. The minimum Gasteiger partial charge on any atom is -0.376 e. The van der Waals surface area contributed by atoms with Crippen molar-refractivity contribution in [1.29, 1.82) is 0 Å². The Morgan fingerprint density at radius 1 is 1.60 bits per heavy atom. The summed E-state index contributed by atoms with van der Waals surface area (Å²) in [6.45, 7) is 0. The van der Waals surface area contributed by atoms with Gasteiger partial charge in [0.15, 0.2) is 10.1 Å². The molecule has 0 aromatic carbocycles.